The lowest BCUT2D eigenvalue weighted by Crippen LogP contribution is -2.44. The number of hydrogen-bond acceptors (Lipinski definition) is 6. The van der Waals surface area contributed by atoms with Gasteiger partial charge in [0.2, 0.25) is 0 Å². The highest BCUT2D eigenvalue weighted by molar-refractivity contribution is 7.99. The lowest BCUT2D eigenvalue weighted by molar-refractivity contribution is 0.187. The molecule has 8 heteroatoms. The van der Waals surface area contributed by atoms with E-state index in [0.29, 0.717) is 9.92 Å². The highest BCUT2D eigenvalue weighted by Gasteiger charge is 2.45. The van der Waals surface area contributed by atoms with Crippen molar-refractivity contribution in [3.8, 4) is 0 Å². The first-order valence-electron chi connectivity index (χ1n) is 10.0. The summed E-state index contributed by atoms with van der Waals surface area (Å²) in [4.78, 5) is 26.3. The minimum Gasteiger partial charge on any atom is -0.355 e. The first-order chi connectivity index (χ1) is 14.6. The lowest BCUT2D eigenvalue weighted by Gasteiger charge is -2.42. The Kier molecular flexibility index (Phi) is 6.10. The monoisotopic (exact) mass is 455 g/mol. The Hall–Kier alpha value is -2.35. The third-order valence-corrected chi connectivity index (χ3v) is 7.84. The molecule has 6 nitrogen and oxygen atoms in total. The quantitative estimate of drug-likeness (QED) is 0.606. The smallest absolute Gasteiger partial charge is 0.267 e. The van der Waals surface area contributed by atoms with Gasteiger partial charge in [0.15, 0.2) is 0 Å². The molecule has 31 heavy (non-hydrogen) atoms. The van der Waals surface area contributed by atoms with Gasteiger partial charge in [-0.1, -0.05) is 55.1 Å². The standard InChI is InChI=1S/C22H22ClN5OS.CH4/c23-19-16(5-8-25-21(19)29)30-18-13-26-17(12-27-18)28-9-6-22(7-10-28)11-14-3-1-2-4-15(14)20(22)24;/h1-5,8,12-13,20H,6-7,9-11,24H2,(H,25,29);1H4/t20-;/m1./s1. The Morgan fingerprint density at radius 2 is 1.94 bits per heavy atom. The molecule has 3 heterocycles. The Bertz CT molecular complexity index is 1130. The Balaban J connectivity index is 0.00000231. The number of benzene rings is 1. The van der Waals surface area contributed by atoms with Gasteiger partial charge in [0.05, 0.1) is 12.4 Å². The molecule has 1 saturated heterocycles. The van der Waals surface area contributed by atoms with Gasteiger partial charge in [-0.25, -0.2) is 9.97 Å². The summed E-state index contributed by atoms with van der Waals surface area (Å²) in [5.74, 6) is 0.871. The molecule has 1 spiro atoms. The summed E-state index contributed by atoms with van der Waals surface area (Å²) in [5, 5.41) is 0.872. The van der Waals surface area contributed by atoms with Crippen LogP contribution in [0.3, 0.4) is 0 Å². The summed E-state index contributed by atoms with van der Waals surface area (Å²) >= 11 is 7.40. The maximum atomic E-state index is 11.6. The van der Waals surface area contributed by atoms with E-state index in [9.17, 15) is 4.79 Å². The number of nitrogens with one attached hydrogen (secondary N) is 1. The van der Waals surface area contributed by atoms with Crippen LogP contribution in [0.15, 0.2) is 63.6 Å². The molecule has 3 N–H and O–H groups in total. The average molecular weight is 456 g/mol. The van der Waals surface area contributed by atoms with Gasteiger partial charge in [-0.05, 0) is 41.9 Å². The number of aromatic nitrogens is 3. The van der Waals surface area contributed by atoms with E-state index >= 15 is 0 Å². The molecular formula is C23H26ClN5OS. The molecule has 0 bridgehead atoms. The zero-order chi connectivity index (χ0) is 20.7. The number of halogens is 1. The van der Waals surface area contributed by atoms with E-state index in [1.165, 1.54) is 22.9 Å². The van der Waals surface area contributed by atoms with Crippen molar-refractivity contribution < 1.29 is 0 Å². The van der Waals surface area contributed by atoms with Crippen LogP contribution in [0.4, 0.5) is 5.82 Å². The fraction of sp³-hybridized carbons (Fsp3) is 0.348. The number of H-pyrrole nitrogens is 1. The molecule has 0 saturated carbocycles. The number of nitrogens with zero attached hydrogens (tertiary/aromatic N) is 3. The normalized spacial score (nSPS) is 19.2. The number of piperidine rings is 1. The first-order valence-corrected chi connectivity index (χ1v) is 11.2. The van der Waals surface area contributed by atoms with Crippen molar-refractivity contribution in [3.05, 3.63) is 75.4 Å². The van der Waals surface area contributed by atoms with Gasteiger partial charge in [0, 0.05) is 30.2 Å². The SMILES string of the molecule is C.N[C@@H]1c2ccccc2CC12CCN(c1cnc(Sc3cc[nH]c(=O)c3Cl)cn1)CC2. The van der Waals surface area contributed by atoms with Crippen LogP contribution >= 0.6 is 23.4 Å². The lowest BCUT2D eigenvalue weighted by atomic mass is 9.73. The molecule has 1 aromatic carbocycles. The molecule has 0 radical (unpaired) electrons. The third-order valence-electron chi connectivity index (χ3n) is 6.37. The second kappa shape index (κ2) is 8.65. The molecule has 162 valence electrons. The van der Waals surface area contributed by atoms with Crippen LogP contribution in [0.25, 0.3) is 0 Å². The summed E-state index contributed by atoms with van der Waals surface area (Å²) < 4.78 is 0. The number of fused-ring (bicyclic) bond motifs is 1. The van der Waals surface area contributed by atoms with E-state index in [4.69, 9.17) is 17.3 Å². The predicted octanol–water partition coefficient (Wildman–Crippen LogP) is 4.45. The summed E-state index contributed by atoms with van der Waals surface area (Å²) in [6, 6.07) is 10.5. The molecule has 2 aliphatic rings. The number of hydrogen-bond donors (Lipinski definition) is 2. The van der Waals surface area contributed by atoms with E-state index in [0.717, 1.165) is 38.2 Å². The van der Waals surface area contributed by atoms with E-state index in [1.807, 2.05) is 0 Å². The van der Waals surface area contributed by atoms with Crippen molar-refractivity contribution >= 4 is 29.2 Å². The highest BCUT2D eigenvalue weighted by Crippen LogP contribution is 2.50. The summed E-state index contributed by atoms with van der Waals surface area (Å²) in [6.07, 6.45) is 8.26. The Morgan fingerprint density at radius 1 is 1.16 bits per heavy atom. The van der Waals surface area contributed by atoms with Gasteiger partial charge in [-0.2, -0.15) is 0 Å². The average Bonchev–Trinajstić information content (AvgIpc) is 3.04. The minimum atomic E-state index is -0.305. The Morgan fingerprint density at radius 3 is 2.65 bits per heavy atom. The number of aromatic amines is 1. The molecule has 5 rings (SSSR count). The van der Waals surface area contributed by atoms with Crippen molar-refractivity contribution in [1.82, 2.24) is 15.0 Å². The fourth-order valence-corrected chi connectivity index (χ4v) is 5.63. The zero-order valence-electron chi connectivity index (χ0n) is 16.3. The first kappa shape index (κ1) is 21.9. The van der Waals surface area contributed by atoms with Crippen molar-refractivity contribution in [2.75, 3.05) is 18.0 Å². The van der Waals surface area contributed by atoms with Crippen LogP contribution < -0.4 is 16.2 Å². The molecule has 1 atom stereocenters. The van der Waals surface area contributed by atoms with Crippen LogP contribution in [0.2, 0.25) is 5.02 Å². The maximum absolute atomic E-state index is 11.6. The molecule has 0 amide bonds. The molecule has 1 aliphatic heterocycles. The van der Waals surface area contributed by atoms with E-state index < -0.39 is 0 Å². The Labute approximate surface area is 191 Å². The summed E-state index contributed by atoms with van der Waals surface area (Å²) in [7, 11) is 0. The van der Waals surface area contributed by atoms with Gasteiger partial charge in [0.25, 0.3) is 5.56 Å². The number of anilines is 1. The summed E-state index contributed by atoms with van der Waals surface area (Å²) in [6.45, 7) is 1.84. The van der Waals surface area contributed by atoms with Crippen LogP contribution in [0, 0.1) is 5.41 Å². The molecule has 0 unspecified atom stereocenters. The number of nitrogens with two attached hydrogens (primary N) is 1. The van der Waals surface area contributed by atoms with E-state index in [2.05, 4.69) is 44.1 Å². The molecule has 1 fully saturated rings. The topological polar surface area (TPSA) is 87.9 Å². The van der Waals surface area contributed by atoms with Gasteiger partial charge in [-0.3, -0.25) is 4.79 Å². The van der Waals surface area contributed by atoms with Crippen molar-refractivity contribution in [1.29, 1.82) is 0 Å². The maximum Gasteiger partial charge on any atom is 0.267 e. The van der Waals surface area contributed by atoms with Crippen LogP contribution in [0.5, 0.6) is 0 Å². The number of pyridine rings is 1. The third kappa shape index (κ3) is 3.97. The van der Waals surface area contributed by atoms with Gasteiger partial charge in [0.1, 0.15) is 15.9 Å². The van der Waals surface area contributed by atoms with Gasteiger partial charge >= 0.3 is 0 Å². The largest absolute Gasteiger partial charge is 0.355 e. The second-order valence-electron chi connectivity index (χ2n) is 8.00. The summed E-state index contributed by atoms with van der Waals surface area (Å²) in [5.41, 5.74) is 9.23. The van der Waals surface area contributed by atoms with Crippen molar-refractivity contribution in [2.45, 2.75) is 42.7 Å². The van der Waals surface area contributed by atoms with Crippen LogP contribution in [0.1, 0.15) is 37.4 Å². The van der Waals surface area contributed by atoms with E-state index in [-0.39, 0.29) is 29.5 Å². The predicted molar refractivity (Wildman–Crippen MR) is 126 cm³/mol. The van der Waals surface area contributed by atoms with E-state index in [1.54, 1.807) is 24.7 Å². The van der Waals surface area contributed by atoms with Crippen molar-refractivity contribution in [3.63, 3.8) is 0 Å². The van der Waals surface area contributed by atoms with Gasteiger partial charge < -0.3 is 15.6 Å². The molecular weight excluding hydrogens is 430 g/mol. The molecule has 3 aromatic rings. The molecule has 2 aromatic heterocycles. The van der Waals surface area contributed by atoms with Gasteiger partial charge in [-0.15, -0.1) is 0 Å². The highest BCUT2D eigenvalue weighted by atomic mass is 35.5. The van der Waals surface area contributed by atoms with Crippen LogP contribution in [-0.2, 0) is 6.42 Å². The minimum absolute atomic E-state index is 0. The molecule has 1 aliphatic carbocycles. The zero-order valence-corrected chi connectivity index (χ0v) is 17.9. The van der Waals surface area contributed by atoms with Crippen molar-refractivity contribution in [2.24, 2.45) is 11.1 Å². The second-order valence-corrected chi connectivity index (χ2v) is 9.44. The fourth-order valence-electron chi connectivity index (χ4n) is 4.64. The number of rotatable bonds is 3. The van der Waals surface area contributed by atoms with Crippen LogP contribution in [-0.4, -0.2) is 28.0 Å².